The number of piperidine rings is 1. The van der Waals surface area contributed by atoms with Gasteiger partial charge in [-0.25, -0.2) is 0 Å². The van der Waals surface area contributed by atoms with Crippen molar-refractivity contribution in [1.82, 2.24) is 14.4 Å². The summed E-state index contributed by atoms with van der Waals surface area (Å²) < 4.78 is 7.24. The van der Waals surface area contributed by atoms with Crippen LogP contribution in [0, 0.1) is 26.7 Å². The van der Waals surface area contributed by atoms with Crippen molar-refractivity contribution in [2.45, 2.75) is 40.5 Å². The first-order valence-electron chi connectivity index (χ1n) is 11.8. The highest BCUT2D eigenvalue weighted by molar-refractivity contribution is 5.94. The van der Waals surface area contributed by atoms with E-state index in [9.17, 15) is 14.4 Å². The maximum absolute atomic E-state index is 12.7. The van der Waals surface area contributed by atoms with Crippen molar-refractivity contribution in [3.8, 4) is 5.69 Å². The zero-order valence-corrected chi connectivity index (χ0v) is 20.8. The molecule has 0 bridgehead atoms. The van der Waals surface area contributed by atoms with Gasteiger partial charge < -0.3 is 19.1 Å². The minimum Gasteiger partial charge on any atom is -0.466 e. The van der Waals surface area contributed by atoms with Gasteiger partial charge in [0.15, 0.2) is 0 Å². The maximum atomic E-state index is 12.7. The smallest absolute Gasteiger partial charge is 0.309 e. The molecule has 34 heavy (non-hydrogen) atoms. The number of carbonyl (C=O) groups excluding carboxylic acids is 3. The lowest BCUT2D eigenvalue weighted by atomic mass is 9.97. The van der Waals surface area contributed by atoms with Crippen molar-refractivity contribution >= 4 is 23.9 Å². The van der Waals surface area contributed by atoms with Crippen molar-refractivity contribution < 1.29 is 19.1 Å². The van der Waals surface area contributed by atoms with Gasteiger partial charge in [0.1, 0.15) is 0 Å². The van der Waals surface area contributed by atoms with E-state index in [0.29, 0.717) is 32.5 Å². The highest BCUT2D eigenvalue weighted by Crippen LogP contribution is 2.22. The predicted molar refractivity (Wildman–Crippen MR) is 133 cm³/mol. The molecule has 1 saturated heterocycles. The summed E-state index contributed by atoms with van der Waals surface area (Å²) in [6.07, 6.45) is 4.51. The molecule has 7 heteroatoms. The first-order valence-corrected chi connectivity index (χ1v) is 11.8. The molecule has 0 atom stereocenters. The summed E-state index contributed by atoms with van der Waals surface area (Å²) in [6, 6.07) is 10.4. The number of aromatic nitrogens is 1. The topological polar surface area (TPSA) is 71.8 Å². The number of nitrogens with zero attached hydrogens (tertiary/aromatic N) is 3. The Morgan fingerprint density at radius 2 is 1.74 bits per heavy atom. The molecule has 3 rings (SSSR count). The number of hydrogen-bond acceptors (Lipinski definition) is 4. The molecule has 1 aromatic heterocycles. The van der Waals surface area contributed by atoms with Gasteiger partial charge in [-0.05, 0) is 70.4 Å². The van der Waals surface area contributed by atoms with Gasteiger partial charge in [-0.15, -0.1) is 0 Å². The van der Waals surface area contributed by atoms with Gasteiger partial charge in [-0.2, -0.15) is 0 Å². The number of esters is 1. The zero-order valence-electron chi connectivity index (χ0n) is 20.8. The van der Waals surface area contributed by atoms with Gasteiger partial charge in [0.2, 0.25) is 11.8 Å². The van der Waals surface area contributed by atoms with Crippen LogP contribution in [0.5, 0.6) is 0 Å². The third-order valence-corrected chi connectivity index (χ3v) is 6.38. The van der Waals surface area contributed by atoms with Gasteiger partial charge in [0, 0.05) is 43.3 Å². The number of benzene rings is 1. The van der Waals surface area contributed by atoms with E-state index in [0.717, 1.165) is 22.6 Å². The summed E-state index contributed by atoms with van der Waals surface area (Å²) in [7, 11) is 1.63. The molecule has 0 N–H and O–H groups in total. The highest BCUT2D eigenvalue weighted by Gasteiger charge is 2.28. The second-order valence-electron chi connectivity index (χ2n) is 8.93. The van der Waals surface area contributed by atoms with Gasteiger partial charge in [-0.1, -0.05) is 17.7 Å². The molecule has 0 aliphatic carbocycles. The van der Waals surface area contributed by atoms with Crippen LogP contribution in [0.2, 0.25) is 0 Å². The Morgan fingerprint density at radius 3 is 2.35 bits per heavy atom. The average Bonchev–Trinajstić information content (AvgIpc) is 3.11. The van der Waals surface area contributed by atoms with Gasteiger partial charge >= 0.3 is 5.97 Å². The van der Waals surface area contributed by atoms with Crippen LogP contribution < -0.4 is 0 Å². The molecule has 2 amide bonds. The van der Waals surface area contributed by atoms with E-state index in [1.807, 2.05) is 13.8 Å². The number of amides is 2. The summed E-state index contributed by atoms with van der Waals surface area (Å²) in [6.45, 7) is 9.32. The highest BCUT2D eigenvalue weighted by atomic mass is 16.5. The molecule has 182 valence electrons. The monoisotopic (exact) mass is 465 g/mol. The molecule has 0 radical (unpaired) electrons. The molecular weight excluding hydrogens is 430 g/mol. The molecule has 0 spiro atoms. The Balaban J connectivity index is 1.57. The lowest BCUT2D eigenvalue weighted by Gasteiger charge is -2.32. The van der Waals surface area contributed by atoms with E-state index in [2.05, 4.69) is 41.8 Å². The van der Waals surface area contributed by atoms with E-state index in [1.54, 1.807) is 24.9 Å². The Hall–Kier alpha value is -3.35. The lowest BCUT2D eigenvalue weighted by Crippen LogP contribution is -2.45. The maximum Gasteiger partial charge on any atom is 0.309 e. The molecule has 0 unspecified atom stereocenters. The molecule has 1 aromatic carbocycles. The van der Waals surface area contributed by atoms with Crippen LogP contribution in [0.4, 0.5) is 0 Å². The van der Waals surface area contributed by atoms with E-state index >= 15 is 0 Å². The van der Waals surface area contributed by atoms with Crippen LogP contribution >= 0.6 is 0 Å². The summed E-state index contributed by atoms with van der Waals surface area (Å²) >= 11 is 0. The van der Waals surface area contributed by atoms with Crippen molar-refractivity contribution in [3.63, 3.8) is 0 Å². The Bertz CT molecular complexity index is 1060. The second-order valence-corrected chi connectivity index (χ2v) is 8.93. The number of likely N-dealkylation sites (N-methyl/N-ethyl adjacent to an activating group) is 1. The van der Waals surface area contributed by atoms with Crippen LogP contribution in [-0.4, -0.2) is 65.4 Å². The second kappa shape index (κ2) is 11.2. The summed E-state index contributed by atoms with van der Waals surface area (Å²) in [5.74, 6) is -0.669. The SMILES string of the molecule is CCOC(=O)C1CCN(C(=O)CN(C)C(=O)/C=C/c2cc(C)n(-c3ccc(C)cc3)c2C)CC1. The molecule has 7 nitrogen and oxygen atoms in total. The minimum absolute atomic E-state index is 0.00956. The fourth-order valence-corrected chi connectivity index (χ4v) is 4.34. The summed E-state index contributed by atoms with van der Waals surface area (Å²) in [5, 5.41) is 0. The van der Waals surface area contributed by atoms with E-state index in [-0.39, 0.29) is 30.2 Å². The fraction of sp³-hybridized carbons (Fsp3) is 0.444. The number of rotatable bonds is 7. The number of carbonyl (C=O) groups is 3. The van der Waals surface area contributed by atoms with Crippen LogP contribution in [0.25, 0.3) is 11.8 Å². The number of hydrogen-bond donors (Lipinski definition) is 0. The van der Waals surface area contributed by atoms with Gasteiger partial charge in [0.25, 0.3) is 0 Å². The predicted octanol–water partition coefficient (Wildman–Crippen LogP) is 3.68. The van der Waals surface area contributed by atoms with Crippen LogP contribution in [0.3, 0.4) is 0 Å². The van der Waals surface area contributed by atoms with E-state index in [1.165, 1.54) is 16.5 Å². The first-order chi connectivity index (χ1) is 16.2. The summed E-state index contributed by atoms with van der Waals surface area (Å²) in [4.78, 5) is 40.3. The normalized spacial score (nSPS) is 14.4. The Morgan fingerprint density at radius 1 is 1.09 bits per heavy atom. The Labute approximate surface area is 202 Å². The number of likely N-dealkylation sites (tertiary alicyclic amines) is 1. The molecular formula is C27H35N3O4. The van der Waals surface area contributed by atoms with Crippen molar-refractivity contribution in [1.29, 1.82) is 0 Å². The molecule has 1 fully saturated rings. The number of aryl methyl sites for hydroxylation is 2. The molecule has 1 aliphatic heterocycles. The van der Waals surface area contributed by atoms with Crippen LogP contribution in [0.1, 0.15) is 42.3 Å². The summed E-state index contributed by atoms with van der Waals surface area (Å²) in [5.41, 5.74) is 5.39. The third-order valence-electron chi connectivity index (χ3n) is 6.38. The molecule has 0 saturated carbocycles. The molecule has 1 aliphatic rings. The third kappa shape index (κ3) is 5.95. The zero-order chi connectivity index (χ0) is 24.8. The van der Waals surface area contributed by atoms with Crippen molar-refractivity contribution in [2.75, 3.05) is 33.3 Å². The minimum atomic E-state index is -0.227. The van der Waals surface area contributed by atoms with Gasteiger partial charge in [-0.3, -0.25) is 14.4 Å². The van der Waals surface area contributed by atoms with Crippen molar-refractivity contribution in [2.24, 2.45) is 5.92 Å². The van der Waals surface area contributed by atoms with Crippen LogP contribution in [-0.2, 0) is 19.1 Å². The lowest BCUT2D eigenvalue weighted by molar-refractivity contribution is -0.151. The van der Waals surface area contributed by atoms with E-state index in [4.69, 9.17) is 4.74 Å². The standard InChI is InChI=1S/C27H35N3O4/c1-6-34-27(33)22-13-15-29(16-14-22)26(32)18-28(5)25(31)12-9-23-17-20(3)30(21(23)4)24-10-7-19(2)8-11-24/h7-12,17,22H,6,13-16,18H2,1-5H3/b12-9+. The van der Waals surface area contributed by atoms with Crippen LogP contribution in [0.15, 0.2) is 36.4 Å². The van der Waals surface area contributed by atoms with Crippen molar-refractivity contribution in [3.05, 3.63) is 58.9 Å². The van der Waals surface area contributed by atoms with E-state index < -0.39 is 0 Å². The largest absolute Gasteiger partial charge is 0.466 e. The molecule has 2 heterocycles. The molecule has 2 aromatic rings. The first kappa shape index (κ1) is 25.3. The van der Waals surface area contributed by atoms with Gasteiger partial charge in [0.05, 0.1) is 19.1 Å². The Kier molecular flexibility index (Phi) is 8.31. The average molecular weight is 466 g/mol. The number of ether oxygens (including phenoxy) is 1. The fourth-order valence-electron chi connectivity index (χ4n) is 4.34. The quantitative estimate of drug-likeness (QED) is 0.462.